The molecule has 0 radical (unpaired) electrons. The number of primary amides is 1. The monoisotopic (exact) mass is 471 g/mol. The average molecular weight is 471 g/mol. The van der Waals surface area contributed by atoms with Crippen molar-refractivity contribution in [3.05, 3.63) is 77.6 Å². The van der Waals surface area contributed by atoms with E-state index < -0.39 is 27.7 Å². The Hall–Kier alpha value is -4.12. The molecule has 9 nitrogen and oxygen atoms in total. The zero-order valence-electron chi connectivity index (χ0n) is 17.0. The Bertz CT molecular complexity index is 1340. The van der Waals surface area contributed by atoms with Gasteiger partial charge in [0.05, 0.1) is 10.5 Å². The maximum atomic E-state index is 13.6. The maximum absolute atomic E-state index is 13.6. The van der Waals surface area contributed by atoms with Crippen LogP contribution < -0.4 is 25.2 Å². The van der Waals surface area contributed by atoms with Crippen LogP contribution in [0.25, 0.3) is 0 Å². The Morgan fingerprint density at radius 2 is 1.55 bits per heavy atom. The summed E-state index contributed by atoms with van der Waals surface area (Å²) in [6.45, 7) is 0.722. The van der Waals surface area contributed by atoms with Gasteiger partial charge >= 0.3 is 0 Å². The number of nitrogens with one attached hydrogen (secondary N) is 2. The second kappa shape index (κ2) is 8.79. The number of hydrogen-bond acceptors (Lipinski definition) is 6. The normalized spacial score (nSPS) is 12.6. The highest BCUT2D eigenvalue weighted by Crippen LogP contribution is 2.32. The van der Waals surface area contributed by atoms with Crippen LogP contribution in [0.3, 0.4) is 0 Å². The highest BCUT2D eigenvalue weighted by Gasteiger charge is 2.20. The first-order valence-corrected chi connectivity index (χ1v) is 11.1. The van der Waals surface area contributed by atoms with E-state index in [0.29, 0.717) is 24.7 Å². The van der Waals surface area contributed by atoms with Gasteiger partial charge in [-0.25, -0.2) is 12.8 Å². The first-order valence-electron chi connectivity index (χ1n) is 9.66. The van der Waals surface area contributed by atoms with E-state index in [1.165, 1.54) is 48.5 Å². The topological polar surface area (TPSA) is 137 Å². The van der Waals surface area contributed by atoms with E-state index in [1.54, 1.807) is 0 Å². The molecule has 0 spiro atoms. The van der Waals surface area contributed by atoms with Crippen LogP contribution in [-0.2, 0) is 10.0 Å². The second-order valence-electron chi connectivity index (χ2n) is 7.00. The molecule has 1 aliphatic rings. The van der Waals surface area contributed by atoms with Crippen molar-refractivity contribution in [2.75, 3.05) is 23.3 Å². The lowest BCUT2D eigenvalue weighted by molar-refractivity contribution is 0.0992. The van der Waals surface area contributed by atoms with E-state index >= 15 is 0 Å². The van der Waals surface area contributed by atoms with Gasteiger partial charge in [0.25, 0.3) is 21.8 Å². The van der Waals surface area contributed by atoms with Crippen molar-refractivity contribution >= 4 is 33.2 Å². The molecule has 0 aliphatic carbocycles. The van der Waals surface area contributed by atoms with Crippen molar-refractivity contribution in [1.29, 1.82) is 0 Å². The summed E-state index contributed by atoms with van der Waals surface area (Å²) in [5, 5.41) is 2.53. The van der Waals surface area contributed by atoms with Crippen LogP contribution in [0.2, 0.25) is 0 Å². The number of amides is 2. The Morgan fingerprint density at radius 3 is 2.24 bits per heavy atom. The zero-order valence-corrected chi connectivity index (χ0v) is 17.8. The van der Waals surface area contributed by atoms with Gasteiger partial charge in [-0.15, -0.1) is 0 Å². The minimum Gasteiger partial charge on any atom is -0.486 e. The highest BCUT2D eigenvalue weighted by atomic mass is 32.2. The molecule has 170 valence electrons. The molecule has 1 heterocycles. The minimum absolute atomic E-state index is 0.00451. The largest absolute Gasteiger partial charge is 0.486 e. The van der Waals surface area contributed by atoms with Crippen molar-refractivity contribution in [2.45, 2.75) is 4.90 Å². The molecule has 3 aromatic carbocycles. The van der Waals surface area contributed by atoms with E-state index in [-0.39, 0.29) is 27.4 Å². The zero-order chi connectivity index (χ0) is 23.6. The molecule has 33 heavy (non-hydrogen) atoms. The maximum Gasteiger partial charge on any atom is 0.262 e. The Balaban J connectivity index is 1.46. The van der Waals surface area contributed by atoms with Crippen molar-refractivity contribution in [3.63, 3.8) is 0 Å². The number of nitrogens with two attached hydrogens (primary N) is 1. The number of carbonyl (C=O) groups is 2. The van der Waals surface area contributed by atoms with Crippen LogP contribution in [-0.4, -0.2) is 33.4 Å². The standard InChI is InChI=1S/C22H18FN3O6S/c23-18-7-5-15(11-17(18)21(24)27)25-22(28)13-1-3-14(4-2-13)26-33(29,30)16-6-8-19-20(12-16)32-10-9-31-19/h1-8,11-12,26H,9-10H2,(H2,24,27)(H,25,28). The Labute approximate surface area is 188 Å². The molecule has 0 saturated heterocycles. The number of hydrogen-bond donors (Lipinski definition) is 3. The fourth-order valence-electron chi connectivity index (χ4n) is 3.09. The predicted octanol–water partition coefficient (Wildman–Crippen LogP) is 2.75. The molecular formula is C22H18FN3O6S. The van der Waals surface area contributed by atoms with Crippen molar-refractivity contribution < 1.29 is 31.9 Å². The third-order valence-electron chi connectivity index (χ3n) is 4.71. The second-order valence-corrected chi connectivity index (χ2v) is 8.68. The molecule has 0 unspecified atom stereocenters. The lowest BCUT2D eigenvalue weighted by Gasteiger charge is -2.19. The summed E-state index contributed by atoms with van der Waals surface area (Å²) < 4.78 is 52.2. The quantitative estimate of drug-likeness (QED) is 0.506. The Morgan fingerprint density at radius 1 is 0.879 bits per heavy atom. The van der Waals surface area contributed by atoms with Crippen LogP contribution >= 0.6 is 0 Å². The molecule has 0 saturated carbocycles. The fraction of sp³-hybridized carbons (Fsp3) is 0.0909. The summed E-state index contributed by atoms with van der Waals surface area (Å²) in [5.41, 5.74) is 5.38. The van der Waals surface area contributed by atoms with Gasteiger partial charge in [-0.3, -0.25) is 14.3 Å². The van der Waals surface area contributed by atoms with E-state index in [2.05, 4.69) is 10.0 Å². The van der Waals surface area contributed by atoms with Gasteiger partial charge in [0.15, 0.2) is 11.5 Å². The van der Waals surface area contributed by atoms with Gasteiger partial charge in [-0.1, -0.05) is 0 Å². The molecule has 4 N–H and O–H groups in total. The summed E-state index contributed by atoms with van der Waals surface area (Å²) >= 11 is 0. The van der Waals surface area contributed by atoms with Crippen molar-refractivity contribution in [3.8, 4) is 11.5 Å². The molecule has 1 aliphatic heterocycles. The number of carbonyl (C=O) groups excluding carboxylic acids is 2. The molecule has 3 aromatic rings. The van der Waals surface area contributed by atoms with Crippen molar-refractivity contribution in [2.24, 2.45) is 5.73 Å². The third kappa shape index (κ3) is 4.88. The average Bonchev–Trinajstić information content (AvgIpc) is 2.80. The summed E-state index contributed by atoms with van der Waals surface area (Å²) in [5.74, 6) is -1.48. The molecule has 0 fully saturated rings. The lowest BCUT2D eigenvalue weighted by Crippen LogP contribution is -2.17. The fourth-order valence-corrected chi connectivity index (χ4v) is 4.16. The van der Waals surface area contributed by atoms with Gasteiger partial charge in [0, 0.05) is 23.0 Å². The number of ether oxygens (including phenoxy) is 2. The number of halogens is 1. The molecular weight excluding hydrogens is 453 g/mol. The summed E-state index contributed by atoms with van der Waals surface area (Å²) in [6.07, 6.45) is 0. The number of benzene rings is 3. The molecule has 0 atom stereocenters. The minimum atomic E-state index is -3.91. The number of sulfonamides is 1. The van der Waals surface area contributed by atoms with Crippen LogP contribution in [0.15, 0.2) is 65.6 Å². The highest BCUT2D eigenvalue weighted by molar-refractivity contribution is 7.92. The van der Waals surface area contributed by atoms with E-state index in [9.17, 15) is 22.4 Å². The lowest BCUT2D eigenvalue weighted by atomic mass is 10.1. The molecule has 11 heteroatoms. The SMILES string of the molecule is NC(=O)c1cc(NC(=O)c2ccc(NS(=O)(=O)c3ccc4c(c3)OCCO4)cc2)ccc1F. The van der Waals surface area contributed by atoms with Crippen molar-refractivity contribution in [1.82, 2.24) is 0 Å². The van der Waals surface area contributed by atoms with Gasteiger partial charge in [0.1, 0.15) is 19.0 Å². The van der Waals surface area contributed by atoms with Gasteiger partial charge in [-0.05, 0) is 54.6 Å². The molecule has 4 rings (SSSR count). The smallest absolute Gasteiger partial charge is 0.262 e. The van der Waals surface area contributed by atoms with Gasteiger partial charge in [-0.2, -0.15) is 0 Å². The van der Waals surface area contributed by atoms with Gasteiger partial charge in [0.2, 0.25) is 0 Å². The summed E-state index contributed by atoms with van der Waals surface area (Å²) in [6, 6.07) is 13.4. The van der Waals surface area contributed by atoms with Crippen LogP contribution in [0.5, 0.6) is 11.5 Å². The van der Waals surface area contributed by atoms with Gasteiger partial charge < -0.3 is 20.5 Å². The molecule has 2 amide bonds. The van der Waals surface area contributed by atoms with Crippen LogP contribution in [0.1, 0.15) is 20.7 Å². The van der Waals surface area contributed by atoms with Crippen LogP contribution in [0.4, 0.5) is 15.8 Å². The number of anilines is 2. The van der Waals surface area contributed by atoms with E-state index in [0.717, 1.165) is 12.1 Å². The summed E-state index contributed by atoms with van der Waals surface area (Å²) in [4.78, 5) is 23.7. The number of fused-ring (bicyclic) bond motifs is 1. The number of rotatable bonds is 6. The van der Waals surface area contributed by atoms with E-state index in [1.807, 2.05) is 0 Å². The van der Waals surface area contributed by atoms with E-state index in [4.69, 9.17) is 15.2 Å². The third-order valence-corrected chi connectivity index (χ3v) is 6.09. The molecule has 0 aromatic heterocycles. The first-order chi connectivity index (χ1) is 15.7. The predicted molar refractivity (Wildman–Crippen MR) is 118 cm³/mol. The summed E-state index contributed by atoms with van der Waals surface area (Å²) in [7, 11) is -3.91. The first kappa shape index (κ1) is 22.1. The van der Waals surface area contributed by atoms with Crippen LogP contribution in [0, 0.1) is 5.82 Å². The Kier molecular flexibility index (Phi) is 5.88. The molecule has 0 bridgehead atoms.